The van der Waals surface area contributed by atoms with Crippen LogP contribution in [0.2, 0.25) is 0 Å². The number of aromatic nitrogens is 3. The number of benzene rings is 1. The van der Waals surface area contributed by atoms with Crippen LogP contribution in [0.1, 0.15) is 11.3 Å². The van der Waals surface area contributed by atoms with Crippen molar-refractivity contribution in [1.29, 1.82) is 0 Å². The van der Waals surface area contributed by atoms with Crippen molar-refractivity contribution < 1.29 is 4.74 Å². The van der Waals surface area contributed by atoms with Gasteiger partial charge in [-0.25, -0.2) is 4.68 Å². The molecule has 0 aliphatic heterocycles. The number of ether oxygens (including phenoxy) is 1. The lowest BCUT2D eigenvalue weighted by Gasteiger charge is -2.09. The predicted octanol–water partition coefficient (Wildman–Crippen LogP) is 2.15. The van der Waals surface area contributed by atoms with Gasteiger partial charge in [-0.1, -0.05) is 21.1 Å². The maximum absolute atomic E-state index is 5.74. The van der Waals surface area contributed by atoms with Gasteiger partial charge < -0.3 is 10.1 Å². The fraction of sp³-hybridized carbons (Fsp3) is 0.385. The van der Waals surface area contributed by atoms with Gasteiger partial charge in [0.2, 0.25) is 0 Å². The highest BCUT2D eigenvalue weighted by Gasteiger charge is 2.02. The standard InChI is InChI=1S/C13H17BrN4O/c1-10-7-11(14)3-4-13(10)19-6-5-18-9-12(8-15-2)16-17-18/h3-4,7,9,15H,5-6,8H2,1-2H3. The zero-order valence-corrected chi connectivity index (χ0v) is 12.6. The molecule has 0 spiro atoms. The van der Waals surface area contributed by atoms with E-state index in [1.807, 2.05) is 38.4 Å². The third kappa shape index (κ3) is 4.04. The third-order valence-electron chi connectivity index (χ3n) is 2.66. The summed E-state index contributed by atoms with van der Waals surface area (Å²) >= 11 is 3.43. The maximum Gasteiger partial charge on any atom is 0.122 e. The third-order valence-corrected chi connectivity index (χ3v) is 3.15. The molecule has 5 nitrogen and oxygen atoms in total. The number of hydrogen-bond donors (Lipinski definition) is 1. The van der Waals surface area contributed by atoms with Crippen LogP contribution in [0.5, 0.6) is 5.75 Å². The topological polar surface area (TPSA) is 52.0 Å². The van der Waals surface area contributed by atoms with Crippen LogP contribution in [0.15, 0.2) is 28.9 Å². The lowest BCUT2D eigenvalue weighted by atomic mass is 10.2. The van der Waals surface area contributed by atoms with Crippen molar-refractivity contribution in [2.24, 2.45) is 0 Å². The van der Waals surface area contributed by atoms with Gasteiger partial charge in [-0.05, 0) is 37.7 Å². The second-order valence-electron chi connectivity index (χ2n) is 4.26. The smallest absolute Gasteiger partial charge is 0.122 e. The Hall–Kier alpha value is -1.40. The Morgan fingerprint density at radius 2 is 2.26 bits per heavy atom. The lowest BCUT2D eigenvalue weighted by molar-refractivity contribution is 0.288. The summed E-state index contributed by atoms with van der Waals surface area (Å²) in [5, 5.41) is 11.1. The Labute approximate surface area is 121 Å². The fourth-order valence-corrected chi connectivity index (χ4v) is 2.21. The van der Waals surface area contributed by atoms with Crippen molar-refractivity contribution in [2.45, 2.75) is 20.0 Å². The van der Waals surface area contributed by atoms with E-state index in [0.717, 1.165) is 28.0 Å². The molecule has 102 valence electrons. The molecule has 1 N–H and O–H groups in total. The average Bonchev–Trinajstić information content (AvgIpc) is 2.80. The Morgan fingerprint density at radius 1 is 1.42 bits per heavy atom. The van der Waals surface area contributed by atoms with E-state index in [0.29, 0.717) is 13.2 Å². The van der Waals surface area contributed by atoms with E-state index in [4.69, 9.17) is 4.74 Å². The van der Waals surface area contributed by atoms with Crippen molar-refractivity contribution in [1.82, 2.24) is 20.3 Å². The number of aryl methyl sites for hydroxylation is 1. The second-order valence-corrected chi connectivity index (χ2v) is 5.18. The van der Waals surface area contributed by atoms with Crippen LogP contribution in [-0.4, -0.2) is 28.6 Å². The summed E-state index contributed by atoms with van der Waals surface area (Å²) in [6.07, 6.45) is 1.92. The molecule has 19 heavy (non-hydrogen) atoms. The van der Waals surface area contributed by atoms with Crippen molar-refractivity contribution in [3.8, 4) is 5.75 Å². The summed E-state index contributed by atoms with van der Waals surface area (Å²) in [6, 6.07) is 5.98. The van der Waals surface area contributed by atoms with Crippen LogP contribution >= 0.6 is 15.9 Å². The van der Waals surface area contributed by atoms with E-state index in [2.05, 4.69) is 31.6 Å². The van der Waals surface area contributed by atoms with Crippen LogP contribution in [0, 0.1) is 6.92 Å². The summed E-state index contributed by atoms with van der Waals surface area (Å²) in [7, 11) is 1.89. The van der Waals surface area contributed by atoms with E-state index < -0.39 is 0 Å². The van der Waals surface area contributed by atoms with Crippen LogP contribution in [-0.2, 0) is 13.1 Å². The van der Waals surface area contributed by atoms with Crippen molar-refractivity contribution >= 4 is 15.9 Å². The number of halogens is 1. The molecule has 0 aliphatic rings. The van der Waals surface area contributed by atoms with Gasteiger partial charge in [-0.15, -0.1) is 5.10 Å². The van der Waals surface area contributed by atoms with Gasteiger partial charge in [0, 0.05) is 17.2 Å². The lowest BCUT2D eigenvalue weighted by Crippen LogP contribution is -2.09. The van der Waals surface area contributed by atoms with E-state index in [1.165, 1.54) is 0 Å². The number of nitrogens with zero attached hydrogens (tertiary/aromatic N) is 3. The van der Waals surface area contributed by atoms with E-state index in [-0.39, 0.29) is 0 Å². The monoisotopic (exact) mass is 324 g/mol. The second kappa shape index (κ2) is 6.68. The molecule has 0 aliphatic carbocycles. The van der Waals surface area contributed by atoms with E-state index in [1.54, 1.807) is 4.68 Å². The minimum absolute atomic E-state index is 0.574. The molecule has 2 aromatic rings. The van der Waals surface area contributed by atoms with Gasteiger partial charge in [-0.2, -0.15) is 0 Å². The zero-order valence-electron chi connectivity index (χ0n) is 11.1. The molecule has 2 rings (SSSR count). The Kier molecular flexibility index (Phi) is 4.93. The summed E-state index contributed by atoms with van der Waals surface area (Å²) in [6.45, 7) is 4.02. The van der Waals surface area contributed by atoms with Gasteiger partial charge in [0.15, 0.2) is 0 Å². The van der Waals surface area contributed by atoms with Gasteiger partial charge in [0.25, 0.3) is 0 Å². The zero-order chi connectivity index (χ0) is 13.7. The highest BCUT2D eigenvalue weighted by Crippen LogP contribution is 2.21. The molecular formula is C13H17BrN4O. The summed E-state index contributed by atoms with van der Waals surface area (Å²) in [5.74, 6) is 0.902. The largest absolute Gasteiger partial charge is 0.491 e. The number of rotatable bonds is 6. The molecule has 0 fully saturated rings. The predicted molar refractivity (Wildman–Crippen MR) is 77.2 cm³/mol. The van der Waals surface area contributed by atoms with Crippen molar-refractivity contribution in [3.63, 3.8) is 0 Å². The molecule has 1 aromatic heterocycles. The first-order valence-electron chi connectivity index (χ1n) is 6.11. The van der Waals surface area contributed by atoms with Crippen molar-refractivity contribution in [2.75, 3.05) is 13.7 Å². The molecule has 0 unspecified atom stereocenters. The van der Waals surface area contributed by atoms with E-state index >= 15 is 0 Å². The quantitative estimate of drug-likeness (QED) is 0.884. The summed E-state index contributed by atoms with van der Waals surface area (Å²) in [5.41, 5.74) is 2.05. The SMILES string of the molecule is CNCc1cn(CCOc2ccc(Br)cc2C)nn1. The molecule has 0 saturated carbocycles. The number of hydrogen-bond acceptors (Lipinski definition) is 4. The molecule has 0 saturated heterocycles. The van der Waals surface area contributed by atoms with E-state index in [9.17, 15) is 0 Å². The molecule has 0 radical (unpaired) electrons. The average molecular weight is 325 g/mol. The Morgan fingerprint density at radius 3 is 3.00 bits per heavy atom. The van der Waals surface area contributed by atoms with Gasteiger partial charge >= 0.3 is 0 Å². The van der Waals surface area contributed by atoms with Gasteiger partial charge in [-0.3, -0.25) is 0 Å². The summed E-state index contributed by atoms with van der Waals surface area (Å²) in [4.78, 5) is 0. The highest BCUT2D eigenvalue weighted by molar-refractivity contribution is 9.10. The molecule has 0 bridgehead atoms. The van der Waals surface area contributed by atoms with Gasteiger partial charge in [0.1, 0.15) is 12.4 Å². The highest BCUT2D eigenvalue weighted by atomic mass is 79.9. The van der Waals surface area contributed by atoms with Crippen LogP contribution in [0.4, 0.5) is 0 Å². The Bertz CT molecular complexity index is 541. The summed E-state index contributed by atoms with van der Waals surface area (Å²) < 4.78 is 8.59. The Balaban J connectivity index is 1.85. The minimum atomic E-state index is 0.574. The minimum Gasteiger partial charge on any atom is -0.491 e. The van der Waals surface area contributed by atoms with Crippen LogP contribution in [0.25, 0.3) is 0 Å². The number of nitrogens with one attached hydrogen (secondary N) is 1. The van der Waals surface area contributed by atoms with Crippen LogP contribution in [0.3, 0.4) is 0 Å². The first-order valence-corrected chi connectivity index (χ1v) is 6.91. The maximum atomic E-state index is 5.74. The first kappa shape index (κ1) is 14.0. The molecule has 1 aromatic carbocycles. The van der Waals surface area contributed by atoms with Gasteiger partial charge in [0.05, 0.1) is 12.2 Å². The molecule has 0 atom stereocenters. The molecular weight excluding hydrogens is 308 g/mol. The molecule has 0 amide bonds. The van der Waals surface area contributed by atoms with Crippen LogP contribution < -0.4 is 10.1 Å². The first-order chi connectivity index (χ1) is 9.19. The fourth-order valence-electron chi connectivity index (χ4n) is 1.73. The molecule has 6 heteroatoms. The van der Waals surface area contributed by atoms with Crippen molar-refractivity contribution in [3.05, 3.63) is 40.1 Å². The molecule has 1 heterocycles. The normalized spacial score (nSPS) is 10.7.